The van der Waals surface area contributed by atoms with E-state index in [9.17, 15) is 0 Å². The number of alkyl halides is 2. The third-order valence-electron chi connectivity index (χ3n) is 3.12. The van der Waals surface area contributed by atoms with Crippen LogP contribution in [0.2, 0.25) is 0 Å². The largest absolute Gasteiger partial charge is 0.301 e. The molecule has 0 bridgehead atoms. The highest BCUT2D eigenvalue weighted by Gasteiger charge is 2.35. The first-order valence-corrected chi connectivity index (χ1v) is 6.64. The summed E-state index contributed by atoms with van der Waals surface area (Å²) in [6, 6.07) is 0.719. The Bertz CT molecular complexity index is 163. The molecule has 1 aliphatic heterocycles. The first-order chi connectivity index (χ1) is 5.77. The molecule has 0 radical (unpaired) electrons. The monoisotopic (exact) mass is 295 g/mol. The number of nitrogens with one attached hydrogen (secondary N) is 1. The second-order valence-electron chi connectivity index (χ2n) is 3.94. The lowest BCUT2D eigenvalue weighted by molar-refractivity contribution is 0.213. The fourth-order valence-corrected chi connectivity index (χ4v) is 3.92. The van der Waals surface area contributed by atoms with Gasteiger partial charge in [0, 0.05) is 10.9 Å². The number of hydrogen-bond donors (Lipinski definition) is 1. The molecule has 1 heterocycles. The topological polar surface area (TPSA) is 12.0 Å². The fourth-order valence-electron chi connectivity index (χ4n) is 2.45. The van der Waals surface area contributed by atoms with Crippen molar-refractivity contribution in [2.45, 2.75) is 47.9 Å². The van der Waals surface area contributed by atoms with E-state index in [0.717, 1.165) is 12.0 Å². The summed E-state index contributed by atoms with van der Waals surface area (Å²) in [7, 11) is 0. The Morgan fingerprint density at radius 2 is 1.83 bits per heavy atom. The predicted molar refractivity (Wildman–Crippen MR) is 58.9 cm³/mol. The molecule has 2 aliphatic rings. The molecule has 0 aromatic heterocycles. The number of halogens is 2. The van der Waals surface area contributed by atoms with Gasteiger partial charge in [0.1, 0.15) is 0 Å². The van der Waals surface area contributed by atoms with E-state index >= 15 is 0 Å². The van der Waals surface area contributed by atoms with Gasteiger partial charge >= 0.3 is 0 Å². The predicted octanol–water partition coefficient (Wildman–Crippen LogP) is 3.02. The Labute approximate surface area is 90.9 Å². The molecule has 2 fully saturated rings. The summed E-state index contributed by atoms with van der Waals surface area (Å²) >= 11 is 7.42. The van der Waals surface area contributed by atoms with Gasteiger partial charge in [-0.3, -0.25) is 0 Å². The van der Waals surface area contributed by atoms with Crippen molar-refractivity contribution >= 4 is 31.9 Å². The third kappa shape index (κ3) is 1.88. The van der Waals surface area contributed by atoms with Crippen molar-refractivity contribution in [3.05, 3.63) is 0 Å². The minimum atomic E-state index is 0.553. The van der Waals surface area contributed by atoms with Crippen LogP contribution < -0.4 is 5.32 Å². The summed E-state index contributed by atoms with van der Waals surface area (Å²) in [5.41, 5.74) is 0. The van der Waals surface area contributed by atoms with E-state index in [-0.39, 0.29) is 0 Å². The molecule has 12 heavy (non-hydrogen) atoms. The quantitative estimate of drug-likeness (QED) is 0.535. The van der Waals surface area contributed by atoms with Crippen molar-refractivity contribution < 1.29 is 0 Å². The van der Waals surface area contributed by atoms with Gasteiger partial charge in [-0.05, 0) is 31.6 Å². The van der Waals surface area contributed by atoms with Crippen molar-refractivity contribution in [1.82, 2.24) is 5.32 Å². The second kappa shape index (κ2) is 3.97. The summed E-state index contributed by atoms with van der Waals surface area (Å²) in [6.45, 7) is 0. The maximum Gasteiger partial charge on any atom is 0.0633 e. The van der Waals surface area contributed by atoms with Crippen LogP contribution in [0.4, 0.5) is 0 Å². The Morgan fingerprint density at radius 3 is 2.67 bits per heavy atom. The SMILES string of the molecule is BrC1CCC2CCCC(Br)C2N1. The lowest BCUT2D eigenvalue weighted by Gasteiger charge is -2.41. The van der Waals surface area contributed by atoms with Gasteiger partial charge in [0.05, 0.1) is 4.95 Å². The van der Waals surface area contributed by atoms with Crippen LogP contribution in [0.15, 0.2) is 0 Å². The van der Waals surface area contributed by atoms with Crippen molar-refractivity contribution in [2.24, 2.45) is 5.92 Å². The lowest BCUT2D eigenvalue weighted by atomic mass is 9.79. The van der Waals surface area contributed by atoms with E-state index < -0.39 is 0 Å². The molecule has 4 unspecified atom stereocenters. The zero-order chi connectivity index (χ0) is 8.55. The van der Waals surface area contributed by atoms with Crippen molar-refractivity contribution in [3.63, 3.8) is 0 Å². The molecular weight excluding hydrogens is 282 g/mol. The molecule has 1 nitrogen and oxygen atoms in total. The molecule has 1 saturated heterocycles. The Morgan fingerprint density at radius 1 is 1.00 bits per heavy atom. The molecule has 1 N–H and O–H groups in total. The molecule has 3 heteroatoms. The van der Waals surface area contributed by atoms with Crippen LogP contribution in [0.5, 0.6) is 0 Å². The van der Waals surface area contributed by atoms with Crippen LogP contribution in [0.3, 0.4) is 0 Å². The maximum absolute atomic E-state index is 3.77. The normalized spacial score (nSPS) is 48.5. The van der Waals surface area contributed by atoms with Crippen LogP contribution in [-0.2, 0) is 0 Å². The van der Waals surface area contributed by atoms with Crippen LogP contribution in [-0.4, -0.2) is 15.8 Å². The van der Waals surface area contributed by atoms with Crippen LogP contribution >= 0.6 is 31.9 Å². The Balaban J connectivity index is 2.00. The highest BCUT2D eigenvalue weighted by atomic mass is 79.9. The molecular formula is C9H15Br2N. The van der Waals surface area contributed by atoms with E-state index in [2.05, 4.69) is 37.2 Å². The lowest BCUT2D eigenvalue weighted by Crippen LogP contribution is -2.51. The number of rotatable bonds is 0. The summed E-state index contributed by atoms with van der Waals surface area (Å²) in [5.74, 6) is 0.928. The Hall–Kier alpha value is 0.920. The minimum Gasteiger partial charge on any atom is -0.301 e. The van der Waals surface area contributed by atoms with Crippen LogP contribution in [0, 0.1) is 5.92 Å². The van der Waals surface area contributed by atoms with E-state index in [1.165, 1.54) is 32.1 Å². The molecule has 1 aliphatic carbocycles. The highest BCUT2D eigenvalue weighted by molar-refractivity contribution is 9.09. The van der Waals surface area contributed by atoms with E-state index in [0.29, 0.717) is 9.78 Å². The van der Waals surface area contributed by atoms with E-state index in [1.54, 1.807) is 0 Å². The first-order valence-electron chi connectivity index (χ1n) is 4.81. The molecule has 0 aromatic carbocycles. The summed E-state index contributed by atoms with van der Waals surface area (Å²) in [5, 5.41) is 3.64. The second-order valence-corrected chi connectivity index (χ2v) is 6.23. The van der Waals surface area contributed by atoms with Crippen molar-refractivity contribution in [3.8, 4) is 0 Å². The van der Waals surface area contributed by atoms with Gasteiger partial charge in [0.15, 0.2) is 0 Å². The highest BCUT2D eigenvalue weighted by Crippen LogP contribution is 2.36. The van der Waals surface area contributed by atoms with Gasteiger partial charge in [0.2, 0.25) is 0 Å². The van der Waals surface area contributed by atoms with Crippen molar-refractivity contribution in [1.29, 1.82) is 0 Å². The third-order valence-corrected chi connectivity index (χ3v) is 4.87. The van der Waals surface area contributed by atoms with Crippen LogP contribution in [0.1, 0.15) is 32.1 Å². The number of piperidine rings is 1. The van der Waals surface area contributed by atoms with Crippen LogP contribution in [0.25, 0.3) is 0 Å². The first kappa shape index (κ1) is 9.47. The molecule has 2 rings (SSSR count). The van der Waals surface area contributed by atoms with Gasteiger partial charge in [-0.1, -0.05) is 38.3 Å². The standard InChI is InChI=1S/C9H15Br2N/c10-7-3-1-2-6-4-5-8(11)12-9(6)7/h6-9,12H,1-5H2. The summed E-state index contributed by atoms with van der Waals surface area (Å²) in [6.07, 6.45) is 6.87. The van der Waals surface area contributed by atoms with E-state index in [4.69, 9.17) is 0 Å². The van der Waals surface area contributed by atoms with Gasteiger partial charge in [0.25, 0.3) is 0 Å². The molecule has 0 aromatic rings. The number of fused-ring (bicyclic) bond motifs is 1. The fraction of sp³-hybridized carbons (Fsp3) is 1.00. The van der Waals surface area contributed by atoms with Gasteiger partial charge < -0.3 is 5.32 Å². The summed E-state index contributed by atoms with van der Waals surface area (Å²) in [4.78, 5) is 1.26. The molecule has 0 amide bonds. The van der Waals surface area contributed by atoms with Crippen molar-refractivity contribution in [2.75, 3.05) is 0 Å². The van der Waals surface area contributed by atoms with Gasteiger partial charge in [-0.15, -0.1) is 0 Å². The van der Waals surface area contributed by atoms with E-state index in [1.807, 2.05) is 0 Å². The maximum atomic E-state index is 3.77. The molecule has 4 atom stereocenters. The van der Waals surface area contributed by atoms with Gasteiger partial charge in [-0.2, -0.15) is 0 Å². The zero-order valence-electron chi connectivity index (χ0n) is 7.10. The molecule has 0 spiro atoms. The molecule has 1 saturated carbocycles. The number of hydrogen-bond acceptors (Lipinski definition) is 1. The molecule has 70 valence electrons. The summed E-state index contributed by atoms with van der Waals surface area (Å²) < 4.78 is 0. The Kier molecular flexibility index (Phi) is 3.13. The minimum absolute atomic E-state index is 0.553. The zero-order valence-corrected chi connectivity index (χ0v) is 10.3. The average molecular weight is 297 g/mol. The smallest absolute Gasteiger partial charge is 0.0633 e. The van der Waals surface area contributed by atoms with Gasteiger partial charge in [-0.25, -0.2) is 0 Å². The average Bonchev–Trinajstić information content (AvgIpc) is 2.07.